The van der Waals surface area contributed by atoms with E-state index in [-0.39, 0.29) is 11.9 Å². The second-order valence-corrected chi connectivity index (χ2v) is 5.05. The minimum absolute atomic E-state index is 0.0127. The first-order chi connectivity index (χ1) is 10.2. The van der Waals surface area contributed by atoms with Crippen molar-refractivity contribution in [3.05, 3.63) is 29.7 Å². The van der Waals surface area contributed by atoms with E-state index in [1.54, 1.807) is 6.20 Å². The Balaban J connectivity index is 1.73. The minimum Gasteiger partial charge on any atom is -0.345 e. The third-order valence-corrected chi connectivity index (χ3v) is 3.13. The molecule has 0 fully saturated rings. The first kappa shape index (κ1) is 15.2. The molecule has 2 aromatic heterocycles. The van der Waals surface area contributed by atoms with Crippen molar-refractivity contribution in [2.24, 2.45) is 0 Å². The van der Waals surface area contributed by atoms with Gasteiger partial charge in [-0.05, 0) is 31.7 Å². The minimum atomic E-state index is -0.260. The lowest BCUT2D eigenvalue weighted by Gasteiger charge is -2.09. The number of aromatic amines is 1. The Kier molecular flexibility index (Phi) is 5.48. The molecule has 114 valence electrons. The van der Waals surface area contributed by atoms with Gasteiger partial charge in [-0.3, -0.25) is 9.89 Å². The van der Waals surface area contributed by atoms with Crippen molar-refractivity contribution in [2.45, 2.75) is 52.0 Å². The molecular formula is C14H21N5O2. The number of amides is 1. The summed E-state index contributed by atoms with van der Waals surface area (Å²) in [6, 6.07) is -0.260. The summed E-state index contributed by atoms with van der Waals surface area (Å²) in [5.41, 5.74) is 1.11. The number of rotatable bonds is 8. The highest BCUT2D eigenvalue weighted by molar-refractivity contribution is 5.76. The van der Waals surface area contributed by atoms with Crippen LogP contribution in [0.15, 0.2) is 16.9 Å². The number of nitrogens with zero attached hydrogens (tertiary/aromatic N) is 3. The van der Waals surface area contributed by atoms with E-state index >= 15 is 0 Å². The third-order valence-electron chi connectivity index (χ3n) is 3.13. The Labute approximate surface area is 123 Å². The average molecular weight is 291 g/mol. The van der Waals surface area contributed by atoms with Gasteiger partial charge in [0.2, 0.25) is 11.8 Å². The number of aromatic nitrogens is 4. The van der Waals surface area contributed by atoms with Crippen molar-refractivity contribution in [3.63, 3.8) is 0 Å². The fraction of sp³-hybridized carbons (Fsp3) is 0.571. The SMILES string of the molecule is CCCc1noc(C(C)NC(=O)CCCc2cn[nH]c2)n1. The molecule has 2 heterocycles. The maximum Gasteiger partial charge on any atom is 0.248 e. The lowest BCUT2D eigenvalue weighted by Crippen LogP contribution is -2.26. The van der Waals surface area contributed by atoms with Crippen LogP contribution in [0.4, 0.5) is 0 Å². The van der Waals surface area contributed by atoms with Gasteiger partial charge in [0.15, 0.2) is 5.82 Å². The first-order valence-electron chi connectivity index (χ1n) is 7.28. The highest BCUT2D eigenvalue weighted by Gasteiger charge is 2.16. The molecule has 0 aliphatic carbocycles. The summed E-state index contributed by atoms with van der Waals surface area (Å²) in [5.74, 6) is 1.14. The van der Waals surface area contributed by atoms with Crippen LogP contribution in [-0.4, -0.2) is 26.2 Å². The molecule has 0 saturated heterocycles. The quantitative estimate of drug-likeness (QED) is 0.774. The van der Waals surface area contributed by atoms with Gasteiger partial charge in [0.25, 0.3) is 0 Å². The van der Waals surface area contributed by atoms with Gasteiger partial charge >= 0.3 is 0 Å². The Morgan fingerprint density at radius 1 is 1.48 bits per heavy atom. The summed E-state index contributed by atoms with van der Waals surface area (Å²) in [6.45, 7) is 3.90. The van der Waals surface area contributed by atoms with Crippen LogP contribution in [0, 0.1) is 0 Å². The summed E-state index contributed by atoms with van der Waals surface area (Å²) in [5, 5.41) is 13.4. The summed E-state index contributed by atoms with van der Waals surface area (Å²) in [7, 11) is 0. The van der Waals surface area contributed by atoms with E-state index in [4.69, 9.17) is 4.52 Å². The van der Waals surface area contributed by atoms with Gasteiger partial charge in [0, 0.05) is 19.0 Å². The highest BCUT2D eigenvalue weighted by Crippen LogP contribution is 2.11. The van der Waals surface area contributed by atoms with Crippen molar-refractivity contribution in [3.8, 4) is 0 Å². The number of nitrogens with one attached hydrogen (secondary N) is 2. The van der Waals surface area contributed by atoms with Gasteiger partial charge in [-0.25, -0.2) is 0 Å². The van der Waals surface area contributed by atoms with Crippen LogP contribution in [0.25, 0.3) is 0 Å². The number of carbonyl (C=O) groups excluding carboxylic acids is 1. The van der Waals surface area contributed by atoms with Crippen LogP contribution in [0.2, 0.25) is 0 Å². The number of carbonyl (C=O) groups is 1. The van der Waals surface area contributed by atoms with Gasteiger partial charge in [0.1, 0.15) is 6.04 Å². The predicted molar refractivity (Wildman–Crippen MR) is 76.4 cm³/mol. The van der Waals surface area contributed by atoms with Crippen molar-refractivity contribution in [1.29, 1.82) is 0 Å². The molecule has 2 aromatic rings. The molecule has 0 aliphatic rings. The van der Waals surface area contributed by atoms with Crippen molar-refractivity contribution < 1.29 is 9.32 Å². The van der Waals surface area contributed by atoms with Crippen molar-refractivity contribution >= 4 is 5.91 Å². The largest absolute Gasteiger partial charge is 0.345 e. The summed E-state index contributed by atoms with van der Waals surface area (Å²) >= 11 is 0. The molecule has 0 bridgehead atoms. The summed E-state index contributed by atoms with van der Waals surface area (Å²) < 4.78 is 5.16. The van der Waals surface area contributed by atoms with E-state index in [9.17, 15) is 4.79 Å². The lowest BCUT2D eigenvalue weighted by molar-refractivity contribution is -0.122. The van der Waals surface area contributed by atoms with Crippen LogP contribution in [-0.2, 0) is 17.6 Å². The number of hydrogen-bond acceptors (Lipinski definition) is 5. The standard InChI is InChI=1S/C14H21N5O2/c1-3-5-12-18-14(21-19-12)10(2)17-13(20)7-4-6-11-8-15-16-9-11/h8-10H,3-7H2,1-2H3,(H,15,16)(H,17,20). The van der Waals surface area contributed by atoms with E-state index in [1.165, 1.54) is 0 Å². The maximum atomic E-state index is 11.9. The van der Waals surface area contributed by atoms with Gasteiger partial charge in [0.05, 0.1) is 6.20 Å². The molecule has 0 radical (unpaired) electrons. The smallest absolute Gasteiger partial charge is 0.248 e. The van der Waals surface area contributed by atoms with Gasteiger partial charge in [-0.15, -0.1) is 0 Å². The number of H-pyrrole nitrogens is 1. The van der Waals surface area contributed by atoms with Crippen LogP contribution in [0.5, 0.6) is 0 Å². The Morgan fingerprint density at radius 3 is 3.05 bits per heavy atom. The van der Waals surface area contributed by atoms with Crippen LogP contribution in [0.1, 0.15) is 56.4 Å². The van der Waals surface area contributed by atoms with Gasteiger partial charge < -0.3 is 9.84 Å². The molecule has 7 heteroatoms. The first-order valence-corrected chi connectivity index (χ1v) is 7.28. The Hall–Kier alpha value is -2.18. The molecule has 1 amide bonds. The van der Waals surface area contributed by atoms with Crippen LogP contribution < -0.4 is 5.32 Å². The zero-order valence-corrected chi connectivity index (χ0v) is 12.4. The van der Waals surface area contributed by atoms with E-state index in [0.29, 0.717) is 18.1 Å². The molecule has 7 nitrogen and oxygen atoms in total. The van der Waals surface area contributed by atoms with E-state index < -0.39 is 0 Å². The van der Waals surface area contributed by atoms with E-state index in [2.05, 4.69) is 32.6 Å². The fourth-order valence-electron chi connectivity index (χ4n) is 2.01. The average Bonchev–Trinajstić information content (AvgIpc) is 3.10. The second-order valence-electron chi connectivity index (χ2n) is 5.05. The molecule has 0 aliphatic heterocycles. The Morgan fingerprint density at radius 2 is 2.33 bits per heavy atom. The summed E-state index contributed by atoms with van der Waals surface area (Å²) in [4.78, 5) is 16.1. The lowest BCUT2D eigenvalue weighted by atomic mass is 10.1. The molecule has 0 spiro atoms. The fourth-order valence-corrected chi connectivity index (χ4v) is 2.01. The van der Waals surface area contributed by atoms with Crippen molar-refractivity contribution in [1.82, 2.24) is 25.7 Å². The zero-order chi connectivity index (χ0) is 15.1. The van der Waals surface area contributed by atoms with Crippen LogP contribution >= 0.6 is 0 Å². The van der Waals surface area contributed by atoms with E-state index in [0.717, 1.165) is 31.2 Å². The molecule has 0 saturated carbocycles. The van der Waals surface area contributed by atoms with Crippen molar-refractivity contribution in [2.75, 3.05) is 0 Å². The molecule has 21 heavy (non-hydrogen) atoms. The molecule has 2 rings (SSSR count). The number of hydrogen-bond donors (Lipinski definition) is 2. The maximum absolute atomic E-state index is 11.9. The molecule has 0 aromatic carbocycles. The monoisotopic (exact) mass is 291 g/mol. The zero-order valence-electron chi connectivity index (χ0n) is 12.4. The Bertz CT molecular complexity index is 549. The summed E-state index contributed by atoms with van der Waals surface area (Å²) in [6.07, 6.45) is 7.44. The molecule has 1 unspecified atom stereocenters. The molecule has 2 N–H and O–H groups in total. The van der Waals surface area contributed by atoms with E-state index in [1.807, 2.05) is 13.1 Å². The third kappa shape index (κ3) is 4.70. The second kappa shape index (κ2) is 7.56. The number of aryl methyl sites for hydroxylation is 2. The molecule has 1 atom stereocenters. The normalized spacial score (nSPS) is 12.3. The topological polar surface area (TPSA) is 96.7 Å². The highest BCUT2D eigenvalue weighted by atomic mass is 16.5. The van der Waals surface area contributed by atoms with Gasteiger partial charge in [-0.1, -0.05) is 12.1 Å². The molecular weight excluding hydrogens is 270 g/mol. The van der Waals surface area contributed by atoms with Crippen LogP contribution in [0.3, 0.4) is 0 Å². The van der Waals surface area contributed by atoms with Gasteiger partial charge in [-0.2, -0.15) is 10.1 Å². The predicted octanol–water partition coefficient (Wildman–Crippen LogP) is 1.95.